The number of hydrogen-bond donors (Lipinski definition) is 2. The molecule has 13 heavy (non-hydrogen) atoms. The minimum atomic E-state index is -3.01. The Balaban J connectivity index is 4.02. The molecule has 2 atom stereocenters. The van der Waals surface area contributed by atoms with Crippen molar-refractivity contribution in [3.63, 3.8) is 0 Å². The first-order valence-electron chi connectivity index (χ1n) is 3.95. The summed E-state index contributed by atoms with van der Waals surface area (Å²) in [7, 11) is -3.01. The maximum absolute atomic E-state index is 10.8. The average molecular weight is 208 g/mol. The van der Waals surface area contributed by atoms with E-state index in [0.29, 0.717) is 0 Å². The van der Waals surface area contributed by atoms with Crippen LogP contribution in [0.15, 0.2) is 0 Å². The highest BCUT2D eigenvalue weighted by atomic mass is 32.2. The lowest BCUT2D eigenvalue weighted by atomic mass is 10.3. The number of nitrogens with two attached hydrogens (primary N) is 1. The van der Waals surface area contributed by atoms with Gasteiger partial charge < -0.3 is 11.1 Å². The standard InChI is InChI=1S/C7H16N2O3S/c1-5(4-13(3,11)12)9-6(2)7(8)10/h5-6,9H,4H2,1-3H3,(H2,8,10). The SMILES string of the molecule is CC(CS(C)(=O)=O)NC(C)C(N)=O. The summed E-state index contributed by atoms with van der Waals surface area (Å²) in [6, 6.07) is -0.769. The van der Waals surface area contributed by atoms with Crippen LogP contribution in [0.2, 0.25) is 0 Å². The van der Waals surface area contributed by atoms with E-state index in [1.807, 2.05) is 0 Å². The molecule has 3 N–H and O–H groups in total. The van der Waals surface area contributed by atoms with Gasteiger partial charge in [0.15, 0.2) is 0 Å². The number of rotatable bonds is 5. The van der Waals surface area contributed by atoms with Gasteiger partial charge >= 0.3 is 0 Å². The van der Waals surface area contributed by atoms with E-state index < -0.39 is 21.8 Å². The second kappa shape index (κ2) is 4.57. The molecule has 0 aliphatic carbocycles. The minimum Gasteiger partial charge on any atom is -0.368 e. The Morgan fingerprint density at radius 2 is 1.92 bits per heavy atom. The molecule has 2 unspecified atom stereocenters. The molecule has 0 heterocycles. The van der Waals surface area contributed by atoms with Crippen LogP contribution in [0, 0.1) is 0 Å². The summed E-state index contributed by atoms with van der Waals surface area (Å²) >= 11 is 0. The molecule has 6 heteroatoms. The highest BCUT2D eigenvalue weighted by Crippen LogP contribution is 1.92. The van der Waals surface area contributed by atoms with Gasteiger partial charge in [-0.3, -0.25) is 4.79 Å². The molecule has 0 aliphatic rings. The Hall–Kier alpha value is -0.620. The molecule has 0 radical (unpaired) electrons. The van der Waals surface area contributed by atoms with Crippen LogP contribution in [0.3, 0.4) is 0 Å². The van der Waals surface area contributed by atoms with Gasteiger partial charge in [-0.1, -0.05) is 0 Å². The van der Waals surface area contributed by atoms with Crippen molar-refractivity contribution in [3.8, 4) is 0 Å². The molecule has 0 rings (SSSR count). The molecule has 0 saturated heterocycles. The summed E-state index contributed by atoms with van der Waals surface area (Å²) in [4.78, 5) is 10.6. The van der Waals surface area contributed by atoms with Crippen LogP contribution < -0.4 is 11.1 Å². The molecule has 0 saturated carbocycles. The van der Waals surface area contributed by atoms with Gasteiger partial charge in [0.25, 0.3) is 0 Å². The summed E-state index contributed by atoms with van der Waals surface area (Å²) in [6.45, 7) is 3.29. The highest BCUT2D eigenvalue weighted by Gasteiger charge is 2.15. The Morgan fingerprint density at radius 3 is 2.23 bits per heavy atom. The normalized spacial score (nSPS) is 16.5. The fourth-order valence-electron chi connectivity index (χ4n) is 1.01. The number of amides is 1. The quantitative estimate of drug-likeness (QED) is 0.599. The van der Waals surface area contributed by atoms with E-state index in [9.17, 15) is 13.2 Å². The van der Waals surface area contributed by atoms with Crippen molar-refractivity contribution in [2.24, 2.45) is 5.73 Å². The molecule has 5 nitrogen and oxygen atoms in total. The summed E-state index contributed by atoms with van der Waals surface area (Å²) in [5, 5.41) is 2.78. The van der Waals surface area contributed by atoms with Gasteiger partial charge in [-0.25, -0.2) is 8.42 Å². The monoisotopic (exact) mass is 208 g/mol. The van der Waals surface area contributed by atoms with Crippen molar-refractivity contribution in [2.45, 2.75) is 25.9 Å². The number of carbonyl (C=O) groups excluding carboxylic acids is 1. The van der Waals surface area contributed by atoms with Gasteiger partial charge in [0.2, 0.25) is 5.91 Å². The van der Waals surface area contributed by atoms with Crippen molar-refractivity contribution in [1.29, 1.82) is 0 Å². The molecule has 0 aromatic carbocycles. The molecule has 0 bridgehead atoms. The first-order chi connectivity index (χ1) is 5.72. The number of hydrogen-bond acceptors (Lipinski definition) is 4. The first-order valence-corrected chi connectivity index (χ1v) is 6.01. The molecule has 0 aromatic rings. The van der Waals surface area contributed by atoms with Crippen LogP contribution in [-0.2, 0) is 14.6 Å². The highest BCUT2D eigenvalue weighted by molar-refractivity contribution is 7.90. The Morgan fingerprint density at radius 1 is 1.46 bits per heavy atom. The van der Waals surface area contributed by atoms with E-state index in [1.165, 1.54) is 0 Å². The molecule has 0 spiro atoms. The van der Waals surface area contributed by atoms with Gasteiger partial charge in [0.1, 0.15) is 9.84 Å². The Labute approximate surface area is 78.6 Å². The number of nitrogens with one attached hydrogen (secondary N) is 1. The third kappa shape index (κ3) is 6.53. The number of carbonyl (C=O) groups is 1. The van der Waals surface area contributed by atoms with Crippen LogP contribution >= 0.6 is 0 Å². The number of sulfone groups is 1. The fraction of sp³-hybridized carbons (Fsp3) is 0.857. The van der Waals surface area contributed by atoms with Crippen molar-refractivity contribution < 1.29 is 13.2 Å². The van der Waals surface area contributed by atoms with E-state index in [4.69, 9.17) is 5.73 Å². The Kier molecular flexibility index (Phi) is 4.35. The van der Waals surface area contributed by atoms with Gasteiger partial charge in [-0.05, 0) is 13.8 Å². The number of primary amides is 1. The first kappa shape index (κ1) is 12.4. The molecule has 0 aromatic heterocycles. The molecule has 1 amide bonds. The zero-order chi connectivity index (χ0) is 10.6. The lowest BCUT2D eigenvalue weighted by molar-refractivity contribution is -0.119. The maximum atomic E-state index is 10.8. The van der Waals surface area contributed by atoms with E-state index in [-0.39, 0.29) is 11.8 Å². The van der Waals surface area contributed by atoms with Crippen LogP contribution in [0.25, 0.3) is 0 Å². The summed E-state index contributed by atoms with van der Waals surface area (Å²) in [5.41, 5.74) is 5.00. The van der Waals surface area contributed by atoms with Crippen molar-refractivity contribution >= 4 is 15.7 Å². The zero-order valence-electron chi connectivity index (χ0n) is 8.07. The van der Waals surface area contributed by atoms with E-state index in [1.54, 1.807) is 13.8 Å². The summed E-state index contributed by atoms with van der Waals surface area (Å²) in [5.74, 6) is -0.481. The zero-order valence-corrected chi connectivity index (χ0v) is 8.89. The third-order valence-corrected chi connectivity index (χ3v) is 2.62. The van der Waals surface area contributed by atoms with E-state index in [2.05, 4.69) is 5.32 Å². The summed E-state index contributed by atoms with van der Waals surface area (Å²) in [6.07, 6.45) is 1.15. The van der Waals surface area contributed by atoms with E-state index >= 15 is 0 Å². The molecular formula is C7H16N2O3S. The smallest absolute Gasteiger partial charge is 0.234 e. The Bertz CT molecular complexity index is 273. The van der Waals surface area contributed by atoms with Gasteiger partial charge in [-0.15, -0.1) is 0 Å². The topological polar surface area (TPSA) is 89.3 Å². The molecular weight excluding hydrogens is 192 g/mol. The van der Waals surface area contributed by atoms with Crippen molar-refractivity contribution in [1.82, 2.24) is 5.32 Å². The summed E-state index contributed by atoms with van der Waals surface area (Å²) < 4.78 is 21.7. The lowest BCUT2D eigenvalue weighted by Gasteiger charge is -2.16. The largest absolute Gasteiger partial charge is 0.368 e. The van der Waals surface area contributed by atoms with Crippen molar-refractivity contribution in [3.05, 3.63) is 0 Å². The second-order valence-electron chi connectivity index (χ2n) is 3.28. The fourth-order valence-corrected chi connectivity index (χ4v) is 2.02. The van der Waals surface area contributed by atoms with Crippen LogP contribution in [0.4, 0.5) is 0 Å². The molecule has 78 valence electrons. The third-order valence-electron chi connectivity index (χ3n) is 1.51. The molecule has 0 aliphatic heterocycles. The maximum Gasteiger partial charge on any atom is 0.234 e. The predicted molar refractivity (Wildman–Crippen MR) is 51.0 cm³/mol. The van der Waals surface area contributed by atoms with Crippen LogP contribution in [0.5, 0.6) is 0 Å². The van der Waals surface area contributed by atoms with E-state index in [0.717, 1.165) is 6.26 Å². The lowest BCUT2D eigenvalue weighted by Crippen LogP contribution is -2.45. The molecule has 0 fully saturated rings. The van der Waals surface area contributed by atoms with Crippen LogP contribution in [-0.4, -0.2) is 38.4 Å². The van der Waals surface area contributed by atoms with Gasteiger partial charge in [0.05, 0.1) is 11.8 Å². The van der Waals surface area contributed by atoms with Gasteiger partial charge in [-0.2, -0.15) is 0 Å². The predicted octanol–water partition coefficient (Wildman–Crippen LogP) is -1.12. The average Bonchev–Trinajstić information content (AvgIpc) is 1.81. The van der Waals surface area contributed by atoms with Crippen molar-refractivity contribution in [2.75, 3.05) is 12.0 Å². The van der Waals surface area contributed by atoms with Gasteiger partial charge in [0, 0.05) is 12.3 Å². The second-order valence-corrected chi connectivity index (χ2v) is 5.47. The minimum absolute atomic E-state index is 0.00458. The van der Waals surface area contributed by atoms with Crippen LogP contribution in [0.1, 0.15) is 13.8 Å².